The van der Waals surface area contributed by atoms with Crippen molar-refractivity contribution in [2.24, 2.45) is 0 Å². The van der Waals surface area contributed by atoms with Crippen LogP contribution in [0.25, 0.3) is 76.8 Å². The molecule has 11 rings (SSSR count). The van der Waals surface area contributed by atoms with E-state index in [2.05, 4.69) is 204 Å². The van der Waals surface area contributed by atoms with E-state index in [1.54, 1.807) is 12.1 Å². The van der Waals surface area contributed by atoms with Gasteiger partial charge in [0, 0.05) is 63.7 Å². The Morgan fingerprint density at radius 1 is 0.368 bits per heavy atom. The Labute approximate surface area is 345 Å². The Balaban J connectivity index is 0.000000149. The van der Waals surface area contributed by atoms with Crippen LogP contribution in [0.3, 0.4) is 0 Å². The molecule has 57 heavy (non-hydrogen) atoms. The molecule has 11 aromatic rings. The normalized spacial score (nSPS) is 10.9. The molecule has 270 valence electrons. The molecule has 1 N–H and O–H groups in total. The topological polar surface area (TPSA) is 73.2 Å². The van der Waals surface area contributed by atoms with E-state index < -0.39 is 0 Å². The third kappa shape index (κ3) is 6.74. The van der Waals surface area contributed by atoms with Crippen LogP contribution in [-0.2, 0) is 0 Å². The number of para-hydroxylation sites is 6. The van der Waals surface area contributed by atoms with E-state index in [-0.39, 0.29) is 0 Å². The first kappa shape index (κ1) is 35.8. The van der Waals surface area contributed by atoms with Gasteiger partial charge in [0.2, 0.25) is 0 Å². The first-order valence-electron chi connectivity index (χ1n) is 18.3. The van der Waals surface area contributed by atoms with Gasteiger partial charge in [-0.25, -0.2) is 0 Å². The second-order valence-electron chi connectivity index (χ2n) is 13.6. The third-order valence-corrected chi connectivity index (χ3v) is 11.0. The van der Waals surface area contributed by atoms with Gasteiger partial charge in [0.25, 0.3) is 0 Å². The van der Waals surface area contributed by atoms with Crippen molar-refractivity contribution in [3.8, 4) is 23.5 Å². The van der Waals surface area contributed by atoms with Crippen molar-refractivity contribution in [2.75, 3.05) is 0 Å². The van der Waals surface area contributed by atoms with E-state index in [1.165, 1.54) is 43.4 Å². The molecule has 3 aromatic heterocycles. The summed E-state index contributed by atoms with van der Waals surface area (Å²) in [5, 5.41) is 25.9. The second-order valence-corrected chi connectivity index (χ2v) is 15.4. The van der Waals surface area contributed by atoms with Crippen LogP contribution in [0.4, 0.5) is 0 Å². The van der Waals surface area contributed by atoms with Crippen molar-refractivity contribution in [3.63, 3.8) is 0 Å². The number of H-pyrrole nitrogens is 1. The van der Waals surface area contributed by atoms with Crippen molar-refractivity contribution in [3.05, 3.63) is 202 Å². The Morgan fingerprint density at radius 2 is 0.684 bits per heavy atom. The maximum Gasteiger partial charge on any atom is 0.0993 e. The average molecular weight is 862 g/mol. The summed E-state index contributed by atoms with van der Waals surface area (Å²) >= 11 is 6.55. The van der Waals surface area contributed by atoms with E-state index >= 15 is 0 Å². The number of nitrogens with one attached hydrogen (secondary N) is 1. The van der Waals surface area contributed by atoms with Crippen molar-refractivity contribution in [2.45, 2.75) is 0 Å². The third-order valence-electron chi connectivity index (χ3n) is 10.1. The number of aromatic nitrogens is 3. The maximum atomic E-state index is 9.97. The Kier molecular flexibility index (Phi) is 9.62. The summed E-state index contributed by atoms with van der Waals surface area (Å²) in [4.78, 5) is 3.38. The summed E-state index contributed by atoms with van der Waals surface area (Å²) in [7, 11) is 0. The number of hydrogen-bond donors (Lipinski definition) is 1. The zero-order chi connectivity index (χ0) is 38.9. The molecular weight excluding hydrogens is 830 g/mol. The van der Waals surface area contributed by atoms with Crippen LogP contribution in [0, 0.1) is 22.7 Å². The van der Waals surface area contributed by atoms with Gasteiger partial charge < -0.3 is 14.1 Å². The SMILES string of the molecule is N#Cc1cc(-n2c3ccccc3c3ccccc32)cc(-n2c3ccccc3c3ccccc32)c1.N#Cc1cc(Br)cc(Br)c1.c1ccc2c(c1)[nH]c1ccccc12. The van der Waals surface area contributed by atoms with Gasteiger partial charge in [0.15, 0.2) is 0 Å². The molecule has 0 amide bonds. The minimum Gasteiger partial charge on any atom is -0.355 e. The lowest BCUT2D eigenvalue weighted by molar-refractivity contribution is 1.13. The number of halogens is 2. The highest BCUT2D eigenvalue weighted by atomic mass is 79.9. The fraction of sp³-hybridized carbons (Fsp3) is 0. The Morgan fingerprint density at radius 3 is 1.05 bits per heavy atom. The minimum absolute atomic E-state index is 0.635. The summed E-state index contributed by atoms with van der Waals surface area (Å²) in [6.07, 6.45) is 0. The lowest BCUT2D eigenvalue weighted by Crippen LogP contribution is -2.00. The molecule has 0 aliphatic rings. The first-order chi connectivity index (χ1) is 28.0. The van der Waals surface area contributed by atoms with Crippen LogP contribution < -0.4 is 0 Å². The summed E-state index contributed by atoms with van der Waals surface area (Å²) in [6.45, 7) is 0. The number of benzene rings is 8. The summed E-state index contributed by atoms with van der Waals surface area (Å²) in [6, 6.07) is 66.6. The monoisotopic (exact) mass is 859 g/mol. The molecule has 0 saturated carbocycles. The predicted octanol–water partition coefficient (Wildman–Crippen LogP) is 14.2. The smallest absolute Gasteiger partial charge is 0.0993 e. The highest BCUT2D eigenvalue weighted by Crippen LogP contribution is 2.36. The average Bonchev–Trinajstić information content (AvgIpc) is 3.92. The molecule has 0 spiro atoms. The molecule has 0 fully saturated rings. The van der Waals surface area contributed by atoms with E-state index in [0.717, 1.165) is 42.4 Å². The Bertz CT molecular complexity index is 3060. The van der Waals surface area contributed by atoms with Crippen LogP contribution in [0.15, 0.2) is 191 Å². The molecule has 0 radical (unpaired) electrons. The van der Waals surface area contributed by atoms with Crippen molar-refractivity contribution in [1.82, 2.24) is 14.1 Å². The van der Waals surface area contributed by atoms with Crippen molar-refractivity contribution < 1.29 is 0 Å². The largest absolute Gasteiger partial charge is 0.355 e. The zero-order valence-electron chi connectivity index (χ0n) is 30.4. The number of nitriles is 2. The molecule has 0 aliphatic heterocycles. The van der Waals surface area contributed by atoms with Gasteiger partial charge in [-0.3, -0.25) is 0 Å². The summed E-state index contributed by atoms with van der Waals surface area (Å²) in [5.74, 6) is 0. The fourth-order valence-corrected chi connectivity index (χ4v) is 9.03. The summed E-state index contributed by atoms with van der Waals surface area (Å²) in [5.41, 5.74) is 10.2. The molecule has 7 heteroatoms. The Hall–Kier alpha value is -6.90. The number of nitrogens with zero attached hydrogens (tertiary/aromatic N) is 4. The fourth-order valence-electron chi connectivity index (χ4n) is 7.74. The highest BCUT2D eigenvalue weighted by molar-refractivity contribution is 9.11. The number of aromatic amines is 1. The van der Waals surface area contributed by atoms with Gasteiger partial charge in [-0.1, -0.05) is 141 Å². The quantitative estimate of drug-likeness (QED) is 0.188. The predicted molar refractivity (Wildman–Crippen MR) is 242 cm³/mol. The van der Waals surface area contributed by atoms with Crippen LogP contribution in [0.2, 0.25) is 0 Å². The van der Waals surface area contributed by atoms with Crippen molar-refractivity contribution >= 4 is 97.3 Å². The van der Waals surface area contributed by atoms with Gasteiger partial charge in [-0.15, -0.1) is 0 Å². The van der Waals surface area contributed by atoms with Crippen LogP contribution in [0.5, 0.6) is 0 Å². The van der Waals surface area contributed by atoms with Crippen LogP contribution in [0.1, 0.15) is 11.1 Å². The molecule has 0 unspecified atom stereocenters. The zero-order valence-corrected chi connectivity index (χ0v) is 33.5. The van der Waals surface area contributed by atoms with Gasteiger partial charge >= 0.3 is 0 Å². The van der Waals surface area contributed by atoms with E-state index in [4.69, 9.17) is 5.26 Å². The first-order valence-corrected chi connectivity index (χ1v) is 19.9. The molecule has 0 saturated heterocycles. The van der Waals surface area contributed by atoms with E-state index in [1.807, 2.05) is 24.3 Å². The van der Waals surface area contributed by atoms with Gasteiger partial charge in [-0.05, 0) is 72.8 Å². The van der Waals surface area contributed by atoms with Gasteiger partial charge in [-0.2, -0.15) is 10.5 Å². The van der Waals surface area contributed by atoms with E-state index in [9.17, 15) is 5.26 Å². The molecule has 0 aliphatic carbocycles. The molecule has 3 heterocycles. The number of fused-ring (bicyclic) bond motifs is 9. The molecule has 0 bridgehead atoms. The highest BCUT2D eigenvalue weighted by Gasteiger charge is 2.16. The van der Waals surface area contributed by atoms with Crippen molar-refractivity contribution in [1.29, 1.82) is 10.5 Å². The minimum atomic E-state index is 0.635. The second kappa shape index (κ2) is 15.3. The van der Waals surface area contributed by atoms with E-state index in [0.29, 0.717) is 11.1 Å². The molecule has 8 aromatic carbocycles. The van der Waals surface area contributed by atoms with Gasteiger partial charge in [0.05, 0.1) is 45.3 Å². The lowest BCUT2D eigenvalue weighted by atomic mass is 10.1. The molecule has 5 nitrogen and oxygen atoms in total. The van der Waals surface area contributed by atoms with Crippen LogP contribution >= 0.6 is 31.9 Å². The standard InChI is InChI=1S/C31H19N3.C12H9N.C7H3Br2N/c32-20-21-17-22(33-28-13-5-1-9-24(28)25-10-2-6-14-29(25)33)19-23(18-21)34-30-15-7-3-11-26(30)27-12-4-8-16-31(27)34;1-3-7-11-9(5-1)10-6-2-4-8-12(10)13-11;8-6-1-5(4-10)2-7(9)3-6/h1-19H;1-8,13H;1-3H. The number of rotatable bonds is 2. The molecular formula is C50H31Br2N5. The summed E-state index contributed by atoms with van der Waals surface area (Å²) < 4.78 is 6.36. The van der Waals surface area contributed by atoms with Crippen LogP contribution in [-0.4, -0.2) is 14.1 Å². The lowest BCUT2D eigenvalue weighted by Gasteiger charge is -2.13. The maximum absolute atomic E-state index is 9.97. The molecule has 0 atom stereocenters. The van der Waals surface area contributed by atoms with Gasteiger partial charge in [0.1, 0.15) is 0 Å². The number of hydrogen-bond acceptors (Lipinski definition) is 2.